The molecule has 134 valence electrons. The van der Waals surface area contributed by atoms with Gasteiger partial charge in [-0.25, -0.2) is 0 Å². The molecule has 0 saturated carbocycles. The van der Waals surface area contributed by atoms with Gasteiger partial charge in [0.05, 0.1) is 0 Å². The van der Waals surface area contributed by atoms with Crippen molar-refractivity contribution < 1.29 is 0 Å². The minimum Gasteiger partial charge on any atom is -0.0776 e. The molecule has 3 aromatic rings. The molecule has 0 nitrogen and oxygen atoms in total. The second-order valence-corrected chi connectivity index (χ2v) is 8.03. The molecule has 0 unspecified atom stereocenters. The fourth-order valence-electron chi connectivity index (χ4n) is 4.41. The van der Waals surface area contributed by atoms with Crippen LogP contribution in [0.3, 0.4) is 0 Å². The molecule has 0 heteroatoms. The molecular formula is C26H30. The fraction of sp³-hybridized carbons (Fsp3) is 0.308. The van der Waals surface area contributed by atoms with Gasteiger partial charge in [0.15, 0.2) is 0 Å². The van der Waals surface area contributed by atoms with Crippen LogP contribution in [-0.2, 0) is 18.3 Å². The lowest BCUT2D eigenvalue weighted by atomic mass is 9.76. The monoisotopic (exact) mass is 342 g/mol. The smallest absolute Gasteiger partial charge is 0.0295 e. The van der Waals surface area contributed by atoms with Gasteiger partial charge in [-0.2, -0.15) is 0 Å². The van der Waals surface area contributed by atoms with Crippen molar-refractivity contribution in [3.8, 4) is 11.1 Å². The lowest BCUT2D eigenvalue weighted by Gasteiger charge is -2.26. The molecule has 0 fully saturated rings. The summed E-state index contributed by atoms with van der Waals surface area (Å²) in [7, 11) is 0. The maximum absolute atomic E-state index is 2.33. The van der Waals surface area contributed by atoms with Gasteiger partial charge in [0.25, 0.3) is 0 Å². The highest BCUT2D eigenvalue weighted by Crippen LogP contribution is 2.54. The lowest BCUT2D eigenvalue weighted by Crippen LogP contribution is -2.25. The van der Waals surface area contributed by atoms with Crippen LogP contribution in [0.4, 0.5) is 0 Å². The minimum absolute atomic E-state index is 0. The second kappa shape index (κ2) is 7.11. The third-order valence-electron chi connectivity index (χ3n) is 5.28. The summed E-state index contributed by atoms with van der Waals surface area (Å²) in [5, 5.41) is 0. The van der Waals surface area contributed by atoms with Gasteiger partial charge < -0.3 is 0 Å². The highest BCUT2D eigenvalue weighted by molar-refractivity contribution is 5.82. The van der Waals surface area contributed by atoms with Gasteiger partial charge in [-0.05, 0) is 52.1 Å². The molecule has 0 N–H and O–H groups in total. The zero-order valence-corrected chi connectivity index (χ0v) is 15.4. The van der Waals surface area contributed by atoms with Gasteiger partial charge in [0.2, 0.25) is 0 Å². The Morgan fingerprint density at radius 3 is 1.38 bits per heavy atom. The molecule has 0 aromatic heterocycles. The number of benzene rings is 3. The molecule has 0 amide bonds. The van der Waals surface area contributed by atoms with E-state index in [2.05, 4.69) is 93.6 Å². The summed E-state index contributed by atoms with van der Waals surface area (Å²) in [5.41, 5.74) is 9.09. The van der Waals surface area contributed by atoms with Gasteiger partial charge in [-0.1, -0.05) is 101 Å². The summed E-state index contributed by atoms with van der Waals surface area (Å²) in [6.07, 6.45) is 2.27. The molecule has 0 atom stereocenters. The number of hydrogen-bond acceptors (Lipinski definition) is 0. The van der Waals surface area contributed by atoms with E-state index < -0.39 is 0 Å². The van der Waals surface area contributed by atoms with E-state index in [9.17, 15) is 0 Å². The Labute approximate surface area is 158 Å². The molecule has 3 aromatic carbocycles. The molecule has 0 radical (unpaired) electrons. The summed E-state index contributed by atoms with van der Waals surface area (Å²) < 4.78 is 0. The summed E-state index contributed by atoms with van der Waals surface area (Å²) in [6.45, 7) is 6.50. The van der Waals surface area contributed by atoms with Crippen molar-refractivity contribution in [3.63, 3.8) is 0 Å². The Hall–Kier alpha value is -2.34. The summed E-state index contributed by atoms with van der Waals surface area (Å²) >= 11 is 0. The zero-order chi connectivity index (χ0) is 17.4. The molecule has 0 bridgehead atoms. The largest absolute Gasteiger partial charge is 0.0776 e. The molecule has 0 saturated heterocycles. The number of hydrogen-bond donors (Lipinski definition) is 0. The SMILES string of the molecule is C.CC(C)C.c1ccc2c(c1)CC1(C2)c2ccccc2-c2ccccc21. The molecule has 2 aliphatic carbocycles. The number of rotatable bonds is 0. The third-order valence-corrected chi connectivity index (χ3v) is 5.28. The van der Waals surface area contributed by atoms with E-state index in [0.717, 1.165) is 18.8 Å². The van der Waals surface area contributed by atoms with Crippen molar-refractivity contribution in [1.29, 1.82) is 0 Å². The maximum Gasteiger partial charge on any atom is 0.0295 e. The Bertz CT molecular complexity index is 826. The first kappa shape index (κ1) is 18.5. The Morgan fingerprint density at radius 1 is 0.615 bits per heavy atom. The van der Waals surface area contributed by atoms with E-state index in [0.29, 0.717) is 0 Å². The van der Waals surface area contributed by atoms with Crippen molar-refractivity contribution in [2.24, 2.45) is 5.92 Å². The normalized spacial score (nSPS) is 14.8. The van der Waals surface area contributed by atoms with E-state index in [1.807, 2.05) is 0 Å². The first-order chi connectivity index (χ1) is 12.1. The Balaban J connectivity index is 0.000000360. The maximum atomic E-state index is 2.33. The van der Waals surface area contributed by atoms with Crippen LogP contribution in [0.2, 0.25) is 0 Å². The molecular weight excluding hydrogens is 312 g/mol. The van der Waals surface area contributed by atoms with Crippen molar-refractivity contribution in [2.45, 2.75) is 46.5 Å². The fourth-order valence-corrected chi connectivity index (χ4v) is 4.41. The van der Waals surface area contributed by atoms with Crippen molar-refractivity contribution in [3.05, 3.63) is 95.1 Å². The van der Waals surface area contributed by atoms with Crippen LogP contribution < -0.4 is 0 Å². The predicted octanol–water partition coefficient (Wildman–Crippen LogP) is 7.05. The van der Waals surface area contributed by atoms with Crippen molar-refractivity contribution in [1.82, 2.24) is 0 Å². The quantitative estimate of drug-likeness (QED) is 0.410. The summed E-state index contributed by atoms with van der Waals surface area (Å²) in [6, 6.07) is 26.9. The standard InChI is InChI=1S/C21H16.C4H10.CH4/c1-2-8-16-14-21(13-15(16)7-1)19-11-5-3-9-17(19)18-10-4-6-12-20(18)21;1-4(2)3;/h1-12H,13-14H2;4H,1-3H3;1H4. The van der Waals surface area contributed by atoms with E-state index in [4.69, 9.17) is 0 Å². The lowest BCUT2D eigenvalue weighted by molar-refractivity contribution is 0.563. The van der Waals surface area contributed by atoms with E-state index in [1.54, 1.807) is 0 Å². The van der Waals surface area contributed by atoms with Crippen LogP contribution >= 0.6 is 0 Å². The van der Waals surface area contributed by atoms with Crippen LogP contribution in [-0.4, -0.2) is 0 Å². The minimum atomic E-state index is 0. The zero-order valence-electron chi connectivity index (χ0n) is 15.4. The highest BCUT2D eigenvalue weighted by atomic mass is 14.5. The van der Waals surface area contributed by atoms with Crippen LogP contribution in [0.25, 0.3) is 11.1 Å². The van der Waals surface area contributed by atoms with Gasteiger partial charge in [-0.3, -0.25) is 0 Å². The average molecular weight is 343 g/mol. The molecule has 5 rings (SSSR count). The highest BCUT2D eigenvalue weighted by Gasteiger charge is 2.46. The van der Waals surface area contributed by atoms with Crippen LogP contribution in [0, 0.1) is 5.92 Å². The van der Waals surface area contributed by atoms with Crippen molar-refractivity contribution >= 4 is 0 Å². The topological polar surface area (TPSA) is 0 Å². The van der Waals surface area contributed by atoms with Crippen LogP contribution in [0.15, 0.2) is 72.8 Å². The molecule has 0 heterocycles. The van der Waals surface area contributed by atoms with E-state index >= 15 is 0 Å². The average Bonchev–Trinajstić information content (AvgIpc) is 3.13. The van der Waals surface area contributed by atoms with Gasteiger partial charge in [0, 0.05) is 5.41 Å². The summed E-state index contributed by atoms with van der Waals surface area (Å²) in [5.74, 6) is 0.833. The van der Waals surface area contributed by atoms with Crippen LogP contribution in [0.1, 0.15) is 50.5 Å². The first-order valence-electron chi connectivity index (χ1n) is 9.38. The second-order valence-electron chi connectivity index (χ2n) is 8.03. The Kier molecular flexibility index (Phi) is 5.05. The Morgan fingerprint density at radius 2 is 0.962 bits per heavy atom. The third kappa shape index (κ3) is 2.88. The molecule has 26 heavy (non-hydrogen) atoms. The van der Waals surface area contributed by atoms with Crippen molar-refractivity contribution in [2.75, 3.05) is 0 Å². The van der Waals surface area contributed by atoms with Gasteiger partial charge in [-0.15, -0.1) is 0 Å². The molecule has 0 aliphatic heterocycles. The first-order valence-corrected chi connectivity index (χ1v) is 9.38. The summed E-state index contributed by atoms with van der Waals surface area (Å²) in [4.78, 5) is 0. The molecule has 2 aliphatic rings. The van der Waals surface area contributed by atoms with E-state index in [1.165, 1.54) is 33.4 Å². The number of fused-ring (bicyclic) bond motifs is 6. The van der Waals surface area contributed by atoms with Crippen LogP contribution in [0.5, 0.6) is 0 Å². The van der Waals surface area contributed by atoms with Gasteiger partial charge >= 0.3 is 0 Å². The molecule has 1 spiro atoms. The van der Waals surface area contributed by atoms with Gasteiger partial charge in [0.1, 0.15) is 0 Å². The van der Waals surface area contributed by atoms with E-state index in [-0.39, 0.29) is 12.8 Å². The predicted molar refractivity (Wildman–Crippen MR) is 114 cm³/mol.